The van der Waals surface area contributed by atoms with Crippen LogP contribution >= 0.6 is 11.8 Å². The molecule has 1 aliphatic heterocycles. The van der Waals surface area contributed by atoms with E-state index >= 15 is 0 Å². The standard InChI is InChI=1S/C18H29NS/c1-13-9-14(2)18(15(3)10-13)12-17(19-4)11-16-5-7-20-8-6-16/h9-10,16-17,19H,5-8,11-12H2,1-4H3. The molecule has 0 spiro atoms. The Morgan fingerprint density at radius 3 is 2.30 bits per heavy atom. The van der Waals surface area contributed by atoms with Gasteiger partial charge in [-0.1, -0.05) is 17.7 Å². The number of nitrogens with one attached hydrogen (secondary N) is 1. The van der Waals surface area contributed by atoms with Gasteiger partial charge in [-0.3, -0.25) is 0 Å². The summed E-state index contributed by atoms with van der Waals surface area (Å²) >= 11 is 2.12. The van der Waals surface area contributed by atoms with E-state index in [2.05, 4.69) is 57.0 Å². The van der Waals surface area contributed by atoms with E-state index in [0.29, 0.717) is 6.04 Å². The molecule has 112 valence electrons. The maximum Gasteiger partial charge on any atom is 0.0107 e. The Labute approximate surface area is 128 Å². The number of likely N-dealkylation sites (N-methyl/N-ethyl adjacent to an activating group) is 1. The summed E-state index contributed by atoms with van der Waals surface area (Å²) in [6.45, 7) is 6.72. The molecule has 0 amide bonds. The Kier molecular flexibility index (Phi) is 5.98. The van der Waals surface area contributed by atoms with E-state index in [1.165, 1.54) is 53.9 Å². The fourth-order valence-electron chi connectivity index (χ4n) is 3.47. The zero-order valence-electron chi connectivity index (χ0n) is 13.5. The summed E-state index contributed by atoms with van der Waals surface area (Å²) in [5.41, 5.74) is 5.86. The molecular weight excluding hydrogens is 262 g/mol. The number of hydrogen-bond acceptors (Lipinski definition) is 2. The van der Waals surface area contributed by atoms with Crippen LogP contribution in [0.4, 0.5) is 0 Å². The maximum atomic E-state index is 3.56. The third kappa shape index (κ3) is 4.26. The normalized spacial score (nSPS) is 18.2. The first-order chi connectivity index (χ1) is 9.60. The molecule has 0 radical (unpaired) electrons. The van der Waals surface area contributed by atoms with Gasteiger partial charge in [-0.2, -0.15) is 11.8 Å². The third-order valence-corrected chi connectivity index (χ3v) is 5.71. The van der Waals surface area contributed by atoms with Crippen molar-refractivity contribution in [3.05, 3.63) is 34.4 Å². The first-order valence-electron chi connectivity index (χ1n) is 7.92. The topological polar surface area (TPSA) is 12.0 Å². The van der Waals surface area contributed by atoms with Crippen LogP contribution in [-0.4, -0.2) is 24.6 Å². The number of thioether (sulfide) groups is 1. The van der Waals surface area contributed by atoms with Crippen LogP contribution in [0.1, 0.15) is 41.5 Å². The van der Waals surface area contributed by atoms with Crippen molar-refractivity contribution in [2.24, 2.45) is 5.92 Å². The fourth-order valence-corrected chi connectivity index (χ4v) is 4.67. The highest BCUT2D eigenvalue weighted by Crippen LogP contribution is 2.28. The van der Waals surface area contributed by atoms with E-state index in [4.69, 9.17) is 0 Å². The van der Waals surface area contributed by atoms with Crippen molar-refractivity contribution in [3.8, 4) is 0 Å². The summed E-state index contributed by atoms with van der Waals surface area (Å²) in [6.07, 6.45) is 5.34. The molecular formula is C18H29NS. The van der Waals surface area contributed by atoms with Gasteiger partial charge in [0.1, 0.15) is 0 Å². The van der Waals surface area contributed by atoms with Crippen LogP contribution in [0.2, 0.25) is 0 Å². The zero-order chi connectivity index (χ0) is 14.5. The van der Waals surface area contributed by atoms with E-state index in [1.807, 2.05) is 0 Å². The summed E-state index contributed by atoms with van der Waals surface area (Å²) in [7, 11) is 2.13. The van der Waals surface area contributed by atoms with E-state index in [-0.39, 0.29) is 0 Å². The minimum atomic E-state index is 0.628. The van der Waals surface area contributed by atoms with Gasteiger partial charge in [0.15, 0.2) is 0 Å². The molecule has 1 aliphatic rings. The maximum absolute atomic E-state index is 3.56. The van der Waals surface area contributed by atoms with E-state index in [0.717, 1.165) is 5.92 Å². The van der Waals surface area contributed by atoms with Crippen molar-refractivity contribution in [3.63, 3.8) is 0 Å². The smallest absolute Gasteiger partial charge is 0.0107 e. The van der Waals surface area contributed by atoms with Crippen molar-refractivity contribution in [1.82, 2.24) is 5.32 Å². The Hall–Kier alpha value is -0.470. The van der Waals surface area contributed by atoms with Gasteiger partial charge in [-0.25, -0.2) is 0 Å². The summed E-state index contributed by atoms with van der Waals surface area (Å²) in [5.74, 6) is 3.66. The molecule has 20 heavy (non-hydrogen) atoms. The van der Waals surface area contributed by atoms with Gasteiger partial charge >= 0.3 is 0 Å². The molecule has 2 rings (SSSR count). The van der Waals surface area contributed by atoms with Gasteiger partial charge in [0.2, 0.25) is 0 Å². The van der Waals surface area contributed by atoms with Crippen LogP contribution in [-0.2, 0) is 6.42 Å². The van der Waals surface area contributed by atoms with Crippen LogP contribution in [0.25, 0.3) is 0 Å². The zero-order valence-corrected chi connectivity index (χ0v) is 14.3. The monoisotopic (exact) mass is 291 g/mol. The van der Waals surface area contributed by atoms with Crippen molar-refractivity contribution in [1.29, 1.82) is 0 Å². The average Bonchev–Trinajstić information content (AvgIpc) is 2.42. The molecule has 1 heterocycles. The molecule has 0 aliphatic carbocycles. The second-order valence-electron chi connectivity index (χ2n) is 6.36. The van der Waals surface area contributed by atoms with Crippen LogP contribution in [0.15, 0.2) is 12.1 Å². The summed E-state index contributed by atoms with van der Waals surface area (Å²) in [6, 6.07) is 5.28. The van der Waals surface area contributed by atoms with E-state index < -0.39 is 0 Å². The molecule has 1 aromatic carbocycles. The van der Waals surface area contributed by atoms with Gasteiger partial charge in [-0.05, 0) is 87.6 Å². The highest BCUT2D eigenvalue weighted by molar-refractivity contribution is 7.99. The second-order valence-corrected chi connectivity index (χ2v) is 7.58. The number of hydrogen-bond donors (Lipinski definition) is 1. The Morgan fingerprint density at radius 1 is 1.15 bits per heavy atom. The largest absolute Gasteiger partial charge is 0.317 e. The molecule has 2 heteroatoms. The summed E-state index contributed by atoms with van der Waals surface area (Å²) in [4.78, 5) is 0. The lowest BCUT2D eigenvalue weighted by Gasteiger charge is -2.27. The predicted molar refractivity (Wildman–Crippen MR) is 91.9 cm³/mol. The van der Waals surface area contributed by atoms with Crippen molar-refractivity contribution >= 4 is 11.8 Å². The van der Waals surface area contributed by atoms with Gasteiger partial charge in [-0.15, -0.1) is 0 Å². The SMILES string of the molecule is CNC(Cc1c(C)cc(C)cc1C)CC1CCSCC1. The highest BCUT2D eigenvalue weighted by atomic mass is 32.2. The van der Waals surface area contributed by atoms with Crippen molar-refractivity contribution in [2.75, 3.05) is 18.6 Å². The van der Waals surface area contributed by atoms with Crippen LogP contribution in [0.3, 0.4) is 0 Å². The molecule has 1 nitrogen and oxygen atoms in total. The number of rotatable bonds is 5. The molecule has 0 saturated carbocycles. The van der Waals surface area contributed by atoms with E-state index in [1.54, 1.807) is 5.56 Å². The first-order valence-corrected chi connectivity index (χ1v) is 9.07. The van der Waals surface area contributed by atoms with Crippen molar-refractivity contribution in [2.45, 2.75) is 52.5 Å². The number of benzene rings is 1. The minimum absolute atomic E-state index is 0.628. The highest BCUT2D eigenvalue weighted by Gasteiger charge is 2.19. The molecule has 1 aromatic rings. The second kappa shape index (κ2) is 7.51. The molecule has 1 N–H and O–H groups in total. The van der Waals surface area contributed by atoms with Gasteiger partial charge < -0.3 is 5.32 Å². The lowest BCUT2D eigenvalue weighted by Crippen LogP contribution is -2.31. The molecule has 1 unspecified atom stereocenters. The van der Waals surface area contributed by atoms with Crippen LogP contribution in [0, 0.1) is 26.7 Å². The Morgan fingerprint density at radius 2 is 1.75 bits per heavy atom. The summed E-state index contributed by atoms with van der Waals surface area (Å²) < 4.78 is 0. The number of aryl methyl sites for hydroxylation is 3. The molecule has 1 fully saturated rings. The first kappa shape index (κ1) is 15.9. The molecule has 0 aromatic heterocycles. The predicted octanol–water partition coefficient (Wildman–Crippen LogP) is 4.28. The Bertz CT molecular complexity index is 412. The van der Waals surface area contributed by atoms with Crippen LogP contribution < -0.4 is 5.32 Å². The molecule has 1 atom stereocenters. The lowest BCUT2D eigenvalue weighted by atomic mass is 9.88. The van der Waals surface area contributed by atoms with Crippen molar-refractivity contribution < 1.29 is 0 Å². The van der Waals surface area contributed by atoms with Gasteiger partial charge in [0, 0.05) is 6.04 Å². The van der Waals surface area contributed by atoms with E-state index in [9.17, 15) is 0 Å². The minimum Gasteiger partial charge on any atom is -0.317 e. The molecule has 0 bridgehead atoms. The van der Waals surface area contributed by atoms with Gasteiger partial charge in [0.05, 0.1) is 0 Å². The lowest BCUT2D eigenvalue weighted by molar-refractivity contribution is 0.375. The summed E-state index contributed by atoms with van der Waals surface area (Å²) in [5, 5.41) is 3.56. The average molecular weight is 292 g/mol. The molecule has 1 saturated heterocycles. The third-order valence-electron chi connectivity index (χ3n) is 4.66. The van der Waals surface area contributed by atoms with Crippen LogP contribution in [0.5, 0.6) is 0 Å². The fraction of sp³-hybridized carbons (Fsp3) is 0.667. The Balaban J connectivity index is 2.02. The quantitative estimate of drug-likeness (QED) is 0.869. The van der Waals surface area contributed by atoms with Gasteiger partial charge in [0.25, 0.3) is 0 Å².